The van der Waals surface area contributed by atoms with Gasteiger partial charge in [-0.1, -0.05) is 6.92 Å². The number of hydrogen-bond acceptors (Lipinski definition) is 6. The maximum atomic E-state index is 10.4. The Hall–Kier alpha value is -1.01. The molecule has 6 heteroatoms. The van der Waals surface area contributed by atoms with Crippen LogP contribution in [0.25, 0.3) is 0 Å². The molecule has 1 aromatic rings. The molecular formula is C15H24N4OS. The molecule has 3 heterocycles. The number of nitrogens with zero attached hydrogens (tertiary/aromatic N) is 3. The van der Waals surface area contributed by atoms with Crippen LogP contribution in [0.15, 0.2) is 12.4 Å². The third kappa shape index (κ3) is 3.80. The first-order chi connectivity index (χ1) is 10.1. The predicted molar refractivity (Wildman–Crippen MR) is 88.0 cm³/mol. The van der Waals surface area contributed by atoms with Crippen LogP contribution in [0.4, 0.5) is 11.6 Å². The lowest BCUT2D eigenvalue weighted by molar-refractivity contribution is 0.0819. The summed E-state index contributed by atoms with van der Waals surface area (Å²) in [6.45, 7) is 4.99. The fourth-order valence-corrected chi connectivity index (χ4v) is 4.30. The molecule has 2 aliphatic rings. The summed E-state index contributed by atoms with van der Waals surface area (Å²) >= 11 is 1.81. The number of thioether (sulfide) groups is 1. The SMILES string of the molecule is CC1CCCN(c2cc(NCC3(O)CCSC3)ncn2)C1. The maximum Gasteiger partial charge on any atom is 0.134 e. The second kappa shape index (κ2) is 6.40. The van der Waals surface area contributed by atoms with Gasteiger partial charge in [-0.3, -0.25) is 0 Å². The monoisotopic (exact) mass is 308 g/mol. The smallest absolute Gasteiger partial charge is 0.134 e. The van der Waals surface area contributed by atoms with Crippen molar-refractivity contribution >= 4 is 23.4 Å². The molecule has 3 rings (SSSR count). The Morgan fingerprint density at radius 3 is 3.19 bits per heavy atom. The van der Waals surface area contributed by atoms with Gasteiger partial charge in [0.05, 0.1) is 5.60 Å². The second-order valence-electron chi connectivity index (χ2n) is 6.34. The van der Waals surface area contributed by atoms with E-state index in [4.69, 9.17) is 0 Å². The standard InChI is InChI=1S/C15H24N4OS/c1-12-3-2-5-19(8-12)14-7-13(17-11-18-14)16-9-15(20)4-6-21-10-15/h7,11-12,20H,2-6,8-10H2,1H3,(H,16,17,18). The van der Waals surface area contributed by atoms with Crippen molar-refractivity contribution in [1.29, 1.82) is 0 Å². The molecule has 0 amide bonds. The summed E-state index contributed by atoms with van der Waals surface area (Å²) in [6, 6.07) is 2.00. The van der Waals surface area contributed by atoms with E-state index in [9.17, 15) is 5.11 Å². The molecular weight excluding hydrogens is 284 g/mol. The van der Waals surface area contributed by atoms with Crippen LogP contribution < -0.4 is 10.2 Å². The maximum absolute atomic E-state index is 10.4. The normalized spacial score (nSPS) is 29.6. The van der Waals surface area contributed by atoms with Gasteiger partial charge in [0.2, 0.25) is 0 Å². The van der Waals surface area contributed by atoms with E-state index in [1.54, 1.807) is 6.33 Å². The van der Waals surface area contributed by atoms with Crippen LogP contribution >= 0.6 is 11.8 Å². The van der Waals surface area contributed by atoms with E-state index in [0.29, 0.717) is 6.54 Å². The number of anilines is 2. The average molecular weight is 308 g/mol. The topological polar surface area (TPSA) is 61.3 Å². The molecule has 2 saturated heterocycles. The number of aromatic nitrogens is 2. The first-order valence-electron chi connectivity index (χ1n) is 7.76. The Kier molecular flexibility index (Phi) is 4.54. The van der Waals surface area contributed by atoms with Gasteiger partial charge in [0.25, 0.3) is 0 Å². The van der Waals surface area contributed by atoms with Gasteiger partial charge >= 0.3 is 0 Å². The van der Waals surface area contributed by atoms with Crippen molar-refractivity contribution in [3.05, 3.63) is 12.4 Å². The van der Waals surface area contributed by atoms with E-state index in [-0.39, 0.29) is 0 Å². The number of aliphatic hydroxyl groups is 1. The zero-order valence-electron chi connectivity index (χ0n) is 12.6. The minimum atomic E-state index is -0.588. The van der Waals surface area contributed by atoms with Crippen molar-refractivity contribution in [2.75, 3.05) is 41.4 Å². The molecule has 0 aromatic carbocycles. The van der Waals surface area contributed by atoms with Crippen molar-refractivity contribution in [2.24, 2.45) is 5.92 Å². The Morgan fingerprint density at radius 2 is 2.43 bits per heavy atom. The summed E-state index contributed by atoms with van der Waals surface area (Å²) < 4.78 is 0. The summed E-state index contributed by atoms with van der Waals surface area (Å²) in [5.41, 5.74) is -0.588. The number of piperidine rings is 1. The van der Waals surface area contributed by atoms with Crippen molar-refractivity contribution < 1.29 is 5.11 Å². The summed E-state index contributed by atoms with van der Waals surface area (Å²) in [5.74, 6) is 4.37. The Labute approximate surface area is 130 Å². The number of rotatable bonds is 4. The van der Waals surface area contributed by atoms with E-state index in [2.05, 4.69) is 27.1 Å². The molecule has 0 bridgehead atoms. The Morgan fingerprint density at radius 1 is 1.52 bits per heavy atom. The third-order valence-electron chi connectivity index (χ3n) is 4.31. The zero-order valence-corrected chi connectivity index (χ0v) is 13.4. The van der Waals surface area contributed by atoms with E-state index in [0.717, 1.165) is 48.6 Å². The Balaban J connectivity index is 1.62. The van der Waals surface area contributed by atoms with Gasteiger partial charge in [-0.25, -0.2) is 9.97 Å². The molecule has 116 valence electrons. The van der Waals surface area contributed by atoms with Crippen LogP contribution in [0.1, 0.15) is 26.2 Å². The molecule has 2 N–H and O–H groups in total. The van der Waals surface area contributed by atoms with Gasteiger partial charge in [-0.2, -0.15) is 11.8 Å². The fourth-order valence-electron chi connectivity index (χ4n) is 3.01. The molecule has 2 unspecified atom stereocenters. The average Bonchev–Trinajstić information content (AvgIpc) is 2.93. The molecule has 1 aromatic heterocycles. The van der Waals surface area contributed by atoms with Crippen LogP contribution in [0.2, 0.25) is 0 Å². The minimum absolute atomic E-state index is 0.562. The van der Waals surface area contributed by atoms with Crippen molar-refractivity contribution in [2.45, 2.75) is 31.8 Å². The first kappa shape index (κ1) is 14.9. The van der Waals surface area contributed by atoms with Gasteiger partial charge in [0.1, 0.15) is 18.0 Å². The van der Waals surface area contributed by atoms with Gasteiger partial charge in [0, 0.05) is 31.5 Å². The Bertz CT molecular complexity index is 478. The third-order valence-corrected chi connectivity index (χ3v) is 5.55. The molecule has 2 aliphatic heterocycles. The van der Waals surface area contributed by atoms with Gasteiger partial charge in [-0.15, -0.1) is 0 Å². The highest BCUT2D eigenvalue weighted by atomic mass is 32.2. The largest absolute Gasteiger partial charge is 0.387 e. The molecule has 21 heavy (non-hydrogen) atoms. The van der Waals surface area contributed by atoms with Crippen LogP contribution in [-0.4, -0.2) is 51.8 Å². The molecule has 0 radical (unpaired) electrons. The minimum Gasteiger partial charge on any atom is -0.387 e. The zero-order chi connectivity index (χ0) is 14.7. The highest BCUT2D eigenvalue weighted by Gasteiger charge is 2.31. The highest BCUT2D eigenvalue weighted by molar-refractivity contribution is 7.99. The van der Waals surface area contributed by atoms with Crippen LogP contribution in [0.5, 0.6) is 0 Å². The van der Waals surface area contributed by atoms with Gasteiger partial charge in [0.15, 0.2) is 0 Å². The van der Waals surface area contributed by atoms with E-state index >= 15 is 0 Å². The van der Waals surface area contributed by atoms with E-state index < -0.39 is 5.60 Å². The molecule has 5 nitrogen and oxygen atoms in total. The lowest BCUT2D eigenvalue weighted by atomic mass is 10.0. The lowest BCUT2D eigenvalue weighted by Crippen LogP contribution is -2.37. The predicted octanol–water partition coefficient (Wildman–Crippen LogP) is 1.99. The highest BCUT2D eigenvalue weighted by Crippen LogP contribution is 2.28. The van der Waals surface area contributed by atoms with E-state index in [1.807, 2.05) is 17.8 Å². The summed E-state index contributed by atoms with van der Waals surface area (Å²) in [5, 5.41) is 13.6. The van der Waals surface area contributed by atoms with Crippen LogP contribution in [-0.2, 0) is 0 Å². The van der Waals surface area contributed by atoms with Gasteiger partial charge < -0.3 is 15.3 Å². The van der Waals surface area contributed by atoms with Crippen LogP contribution in [0.3, 0.4) is 0 Å². The number of nitrogens with one attached hydrogen (secondary N) is 1. The molecule has 2 fully saturated rings. The van der Waals surface area contributed by atoms with E-state index in [1.165, 1.54) is 12.8 Å². The summed E-state index contributed by atoms with van der Waals surface area (Å²) in [7, 11) is 0. The fraction of sp³-hybridized carbons (Fsp3) is 0.733. The lowest BCUT2D eigenvalue weighted by Gasteiger charge is -2.32. The molecule has 0 saturated carbocycles. The van der Waals surface area contributed by atoms with Crippen LogP contribution in [0, 0.1) is 5.92 Å². The summed E-state index contributed by atoms with van der Waals surface area (Å²) in [6.07, 6.45) is 5.00. The van der Waals surface area contributed by atoms with Crippen molar-refractivity contribution in [3.8, 4) is 0 Å². The van der Waals surface area contributed by atoms with Crippen molar-refractivity contribution in [3.63, 3.8) is 0 Å². The molecule has 0 aliphatic carbocycles. The molecule has 2 atom stereocenters. The number of hydrogen-bond donors (Lipinski definition) is 2. The molecule has 0 spiro atoms. The van der Waals surface area contributed by atoms with Gasteiger partial charge in [-0.05, 0) is 30.9 Å². The first-order valence-corrected chi connectivity index (χ1v) is 8.91. The van der Waals surface area contributed by atoms with Crippen molar-refractivity contribution in [1.82, 2.24) is 9.97 Å². The quantitative estimate of drug-likeness (QED) is 0.887. The second-order valence-corrected chi connectivity index (χ2v) is 7.44. The summed E-state index contributed by atoms with van der Waals surface area (Å²) in [4.78, 5) is 11.0.